The van der Waals surface area contributed by atoms with Crippen LogP contribution < -0.4 is 5.32 Å². The van der Waals surface area contributed by atoms with Crippen molar-refractivity contribution in [1.29, 1.82) is 0 Å². The van der Waals surface area contributed by atoms with Crippen molar-refractivity contribution in [3.63, 3.8) is 0 Å². The first-order valence-electron chi connectivity index (χ1n) is 11.5. The van der Waals surface area contributed by atoms with Crippen LogP contribution in [0.1, 0.15) is 49.5 Å². The van der Waals surface area contributed by atoms with Gasteiger partial charge in [0.05, 0.1) is 5.56 Å². The van der Waals surface area contributed by atoms with Gasteiger partial charge in [0.25, 0.3) is 15.9 Å². The summed E-state index contributed by atoms with van der Waals surface area (Å²) in [5, 5.41) is 2.84. The molecule has 8 nitrogen and oxygen atoms in total. The van der Waals surface area contributed by atoms with Crippen LogP contribution in [0, 0.1) is 11.7 Å². The Morgan fingerprint density at radius 3 is 2.34 bits per heavy atom. The molecule has 0 saturated carbocycles. The summed E-state index contributed by atoms with van der Waals surface area (Å²) in [6.45, 7) is 5.80. The number of nitrogens with one attached hydrogen (secondary N) is 1. The number of sulfonamides is 1. The van der Waals surface area contributed by atoms with E-state index in [1.807, 2.05) is 13.8 Å². The lowest BCUT2D eigenvalue weighted by Crippen LogP contribution is -2.50. The van der Waals surface area contributed by atoms with Gasteiger partial charge in [-0.05, 0) is 42.2 Å². The molecule has 2 aromatic carbocycles. The van der Waals surface area contributed by atoms with Gasteiger partial charge in [-0.1, -0.05) is 45.0 Å². The zero-order chi connectivity index (χ0) is 25.8. The number of amides is 3. The SMILES string of the molecule is CCC(C(=O)NCC(C)C)N(Cc1ccc(F)cc1)C(=O)CCN1C(=O)c2ccccc2S1(=O)=O. The maximum Gasteiger partial charge on any atom is 0.269 e. The summed E-state index contributed by atoms with van der Waals surface area (Å²) >= 11 is 0. The van der Waals surface area contributed by atoms with E-state index in [1.54, 1.807) is 13.0 Å². The average molecular weight is 504 g/mol. The largest absolute Gasteiger partial charge is 0.354 e. The Hall–Kier alpha value is -3.27. The lowest BCUT2D eigenvalue weighted by Gasteiger charge is -2.31. The Morgan fingerprint density at radius 2 is 1.74 bits per heavy atom. The molecule has 0 radical (unpaired) electrons. The molecule has 0 saturated heterocycles. The fourth-order valence-electron chi connectivity index (χ4n) is 3.92. The van der Waals surface area contributed by atoms with E-state index in [0.29, 0.717) is 22.8 Å². The average Bonchev–Trinajstić information content (AvgIpc) is 3.02. The van der Waals surface area contributed by atoms with Crippen molar-refractivity contribution in [1.82, 2.24) is 14.5 Å². The molecule has 1 heterocycles. The summed E-state index contributed by atoms with van der Waals surface area (Å²) in [6, 6.07) is 10.7. The van der Waals surface area contributed by atoms with Gasteiger partial charge in [0, 0.05) is 26.1 Å². The van der Waals surface area contributed by atoms with E-state index in [0.717, 1.165) is 0 Å². The molecule has 3 amide bonds. The number of hydrogen-bond acceptors (Lipinski definition) is 5. The van der Waals surface area contributed by atoms with E-state index >= 15 is 0 Å². The van der Waals surface area contributed by atoms with Crippen LogP contribution in [-0.2, 0) is 26.2 Å². The third-order valence-electron chi connectivity index (χ3n) is 5.78. The highest BCUT2D eigenvalue weighted by Crippen LogP contribution is 2.30. The fraction of sp³-hybridized carbons (Fsp3) is 0.400. The second-order valence-electron chi connectivity index (χ2n) is 8.84. The van der Waals surface area contributed by atoms with Gasteiger partial charge >= 0.3 is 0 Å². The van der Waals surface area contributed by atoms with E-state index < -0.39 is 33.7 Å². The third kappa shape index (κ3) is 5.87. The predicted molar refractivity (Wildman–Crippen MR) is 128 cm³/mol. The molecule has 1 aliphatic rings. The second kappa shape index (κ2) is 11.0. The number of halogens is 1. The third-order valence-corrected chi connectivity index (χ3v) is 7.62. The highest BCUT2D eigenvalue weighted by atomic mass is 32.2. The van der Waals surface area contributed by atoms with Gasteiger partial charge < -0.3 is 10.2 Å². The molecule has 0 aromatic heterocycles. The molecular weight excluding hydrogens is 473 g/mol. The van der Waals surface area contributed by atoms with E-state index in [4.69, 9.17) is 0 Å². The molecule has 188 valence electrons. The van der Waals surface area contributed by atoms with Crippen LogP contribution in [0.4, 0.5) is 4.39 Å². The van der Waals surface area contributed by atoms with Gasteiger partial charge in [-0.3, -0.25) is 14.4 Å². The zero-order valence-corrected chi connectivity index (χ0v) is 20.8. The van der Waals surface area contributed by atoms with E-state index in [-0.39, 0.29) is 41.8 Å². The molecule has 35 heavy (non-hydrogen) atoms. The molecule has 0 aliphatic carbocycles. The number of nitrogens with zero attached hydrogens (tertiary/aromatic N) is 2. The number of rotatable bonds is 10. The minimum Gasteiger partial charge on any atom is -0.354 e. The van der Waals surface area contributed by atoms with E-state index in [2.05, 4.69) is 5.32 Å². The number of carbonyl (C=O) groups is 3. The first kappa shape index (κ1) is 26.3. The van der Waals surface area contributed by atoms with Crippen LogP contribution in [0.5, 0.6) is 0 Å². The topological polar surface area (TPSA) is 104 Å². The number of hydrogen-bond donors (Lipinski definition) is 1. The van der Waals surface area contributed by atoms with Gasteiger partial charge in [0.1, 0.15) is 16.8 Å². The molecule has 10 heteroatoms. The van der Waals surface area contributed by atoms with Crippen LogP contribution in [0.3, 0.4) is 0 Å². The Labute approximate surface area is 205 Å². The Kier molecular flexibility index (Phi) is 8.26. The zero-order valence-electron chi connectivity index (χ0n) is 20.0. The van der Waals surface area contributed by atoms with Crippen LogP contribution in [-0.4, -0.2) is 54.5 Å². The standard InChI is InChI=1S/C25H30FN3O5S/c1-4-21(24(31)27-15-17(2)3)28(16-18-9-11-19(26)12-10-18)23(30)13-14-29-25(32)20-7-5-6-8-22(20)35(29,33)34/h5-12,17,21H,4,13-16H2,1-3H3,(H,27,31). The van der Waals surface area contributed by atoms with Gasteiger partial charge in [-0.15, -0.1) is 0 Å². The molecule has 0 bridgehead atoms. The summed E-state index contributed by atoms with van der Waals surface area (Å²) < 4.78 is 39.7. The minimum absolute atomic E-state index is 0.0354. The predicted octanol–water partition coefficient (Wildman–Crippen LogP) is 2.94. The Balaban J connectivity index is 1.81. The van der Waals surface area contributed by atoms with Crippen LogP contribution >= 0.6 is 0 Å². The van der Waals surface area contributed by atoms with Gasteiger partial charge in [0.2, 0.25) is 11.8 Å². The fourth-order valence-corrected chi connectivity index (χ4v) is 5.49. The van der Waals surface area contributed by atoms with Crippen LogP contribution in [0.2, 0.25) is 0 Å². The molecule has 0 fully saturated rings. The van der Waals surface area contributed by atoms with Crippen LogP contribution in [0.15, 0.2) is 53.4 Å². The first-order valence-corrected chi connectivity index (χ1v) is 13.0. The van der Waals surface area contributed by atoms with Gasteiger partial charge in [0.15, 0.2) is 0 Å². The Bertz CT molecular complexity index is 1200. The van der Waals surface area contributed by atoms with Crippen molar-refractivity contribution in [2.24, 2.45) is 5.92 Å². The van der Waals surface area contributed by atoms with Crippen LogP contribution in [0.25, 0.3) is 0 Å². The minimum atomic E-state index is -4.05. The van der Waals surface area contributed by atoms with Crippen molar-refractivity contribution in [3.8, 4) is 0 Å². The molecule has 2 aromatic rings. The molecule has 0 spiro atoms. The highest BCUT2D eigenvalue weighted by molar-refractivity contribution is 7.90. The van der Waals surface area contributed by atoms with E-state index in [9.17, 15) is 27.2 Å². The Morgan fingerprint density at radius 1 is 1.09 bits per heavy atom. The highest BCUT2D eigenvalue weighted by Gasteiger charge is 2.41. The second-order valence-corrected chi connectivity index (χ2v) is 10.7. The molecule has 1 unspecified atom stereocenters. The van der Waals surface area contributed by atoms with Crippen molar-refractivity contribution >= 4 is 27.7 Å². The molecular formula is C25H30FN3O5S. The summed E-state index contributed by atoms with van der Waals surface area (Å²) in [5.41, 5.74) is 0.690. The number of benzene rings is 2. The molecule has 1 aliphatic heterocycles. The molecule has 3 rings (SSSR count). The lowest BCUT2D eigenvalue weighted by atomic mass is 10.1. The summed E-state index contributed by atoms with van der Waals surface area (Å²) in [5.74, 6) is -1.70. The van der Waals surface area contributed by atoms with Crippen molar-refractivity contribution in [2.75, 3.05) is 13.1 Å². The van der Waals surface area contributed by atoms with E-state index in [1.165, 1.54) is 47.4 Å². The summed E-state index contributed by atoms with van der Waals surface area (Å²) in [4.78, 5) is 40.2. The van der Waals surface area contributed by atoms with Crippen molar-refractivity contribution < 1.29 is 27.2 Å². The molecule has 1 N–H and O–H groups in total. The van der Waals surface area contributed by atoms with Gasteiger partial charge in [-0.2, -0.15) is 0 Å². The first-order chi connectivity index (χ1) is 16.6. The smallest absolute Gasteiger partial charge is 0.269 e. The lowest BCUT2D eigenvalue weighted by molar-refractivity contribution is -0.141. The monoisotopic (exact) mass is 503 g/mol. The summed E-state index contributed by atoms with van der Waals surface area (Å²) in [6.07, 6.45) is 0.0252. The summed E-state index contributed by atoms with van der Waals surface area (Å²) in [7, 11) is -4.05. The normalized spacial score (nSPS) is 15.1. The van der Waals surface area contributed by atoms with Crippen molar-refractivity contribution in [2.45, 2.75) is 51.1 Å². The van der Waals surface area contributed by atoms with Gasteiger partial charge in [-0.25, -0.2) is 17.1 Å². The maximum atomic E-state index is 13.4. The maximum absolute atomic E-state index is 13.4. The number of fused-ring (bicyclic) bond motifs is 1. The quantitative estimate of drug-likeness (QED) is 0.537. The molecule has 1 atom stereocenters. The number of carbonyl (C=O) groups excluding carboxylic acids is 3. The van der Waals surface area contributed by atoms with Crippen molar-refractivity contribution in [3.05, 3.63) is 65.5 Å².